The first-order chi connectivity index (χ1) is 17.2. The number of aromatic amines is 1. The molecule has 4 aromatic heterocycles. The average molecular weight is 454 g/mol. The highest BCUT2D eigenvalue weighted by Crippen LogP contribution is 2.30. The molecule has 6 rings (SSSR count). The molecule has 0 aliphatic carbocycles. The van der Waals surface area contributed by atoms with Crippen LogP contribution in [0, 0.1) is 6.57 Å². The number of fused-ring (bicyclic) bond motifs is 2. The highest BCUT2D eigenvalue weighted by molar-refractivity contribution is 5.95. The lowest BCUT2D eigenvalue weighted by atomic mass is 10.1. The van der Waals surface area contributed by atoms with Crippen molar-refractivity contribution in [1.82, 2.24) is 24.9 Å². The standard InChI is InChI=1S/C27H18N8/c1-28-20-6-7-22-21(16-20)23(12-15-30-22)31-18-4-2-17(3-5-18)26-33-24-8-9-25(34-27(24)35-26)32-19-10-13-29-14-11-19/h2-16H,(H,30,31)(H2,29,32,33,34,35). The molecule has 0 bridgehead atoms. The second-order valence-corrected chi connectivity index (χ2v) is 7.89. The van der Waals surface area contributed by atoms with Crippen molar-refractivity contribution < 1.29 is 0 Å². The van der Waals surface area contributed by atoms with Crippen LogP contribution < -0.4 is 10.6 Å². The van der Waals surface area contributed by atoms with Gasteiger partial charge in [-0.1, -0.05) is 6.07 Å². The van der Waals surface area contributed by atoms with Gasteiger partial charge in [-0.15, -0.1) is 0 Å². The summed E-state index contributed by atoms with van der Waals surface area (Å²) in [6.45, 7) is 7.28. The number of imidazole rings is 1. The van der Waals surface area contributed by atoms with Crippen molar-refractivity contribution in [3.05, 3.63) is 103 Å². The predicted octanol–water partition coefficient (Wildman–Crippen LogP) is 6.61. The molecule has 0 unspecified atom stereocenters. The van der Waals surface area contributed by atoms with Gasteiger partial charge in [-0.2, -0.15) is 0 Å². The van der Waals surface area contributed by atoms with E-state index in [4.69, 9.17) is 6.57 Å². The molecule has 6 aromatic rings. The first-order valence-electron chi connectivity index (χ1n) is 10.9. The number of pyridine rings is 3. The number of anilines is 4. The largest absolute Gasteiger partial charge is 0.355 e. The van der Waals surface area contributed by atoms with E-state index in [0.29, 0.717) is 17.2 Å². The van der Waals surface area contributed by atoms with Gasteiger partial charge in [0, 0.05) is 46.6 Å². The number of nitrogens with zero attached hydrogens (tertiary/aromatic N) is 5. The van der Waals surface area contributed by atoms with Gasteiger partial charge in [0.1, 0.15) is 11.6 Å². The minimum absolute atomic E-state index is 0.585. The van der Waals surface area contributed by atoms with Gasteiger partial charge < -0.3 is 15.6 Å². The molecular formula is C27H18N8. The highest BCUT2D eigenvalue weighted by atomic mass is 15.1. The number of aromatic nitrogens is 5. The fourth-order valence-electron chi connectivity index (χ4n) is 3.86. The van der Waals surface area contributed by atoms with E-state index < -0.39 is 0 Å². The Bertz CT molecular complexity index is 1700. The first kappa shape index (κ1) is 20.3. The molecule has 0 saturated carbocycles. The molecule has 0 aliphatic heterocycles. The molecular weight excluding hydrogens is 436 g/mol. The summed E-state index contributed by atoms with van der Waals surface area (Å²) in [5, 5.41) is 7.60. The monoisotopic (exact) mass is 454 g/mol. The van der Waals surface area contributed by atoms with Gasteiger partial charge in [0.05, 0.1) is 17.6 Å². The van der Waals surface area contributed by atoms with Crippen molar-refractivity contribution in [1.29, 1.82) is 0 Å². The van der Waals surface area contributed by atoms with Crippen molar-refractivity contribution >= 4 is 50.6 Å². The SMILES string of the molecule is [C-]#[N+]c1ccc2nccc(Nc3ccc(-c4nc5nc(Nc6ccncc6)ccc5[nH]4)cc3)c2c1. The van der Waals surface area contributed by atoms with Crippen molar-refractivity contribution in [3.63, 3.8) is 0 Å². The fraction of sp³-hybridized carbons (Fsp3) is 0. The summed E-state index contributed by atoms with van der Waals surface area (Å²) in [7, 11) is 0. The zero-order valence-electron chi connectivity index (χ0n) is 18.4. The molecule has 166 valence electrons. The van der Waals surface area contributed by atoms with E-state index in [0.717, 1.165) is 44.9 Å². The Hall–Kier alpha value is -5.29. The fourth-order valence-corrected chi connectivity index (χ4v) is 3.86. The number of rotatable bonds is 5. The van der Waals surface area contributed by atoms with Crippen LogP contribution in [0.3, 0.4) is 0 Å². The van der Waals surface area contributed by atoms with Gasteiger partial charge in [0.25, 0.3) is 0 Å². The van der Waals surface area contributed by atoms with Crippen LogP contribution >= 0.6 is 0 Å². The van der Waals surface area contributed by atoms with Gasteiger partial charge in [0.2, 0.25) is 0 Å². The van der Waals surface area contributed by atoms with Gasteiger partial charge in [-0.05, 0) is 66.7 Å². The Labute approximate surface area is 200 Å². The van der Waals surface area contributed by atoms with Gasteiger partial charge in [0.15, 0.2) is 11.3 Å². The maximum absolute atomic E-state index is 7.28. The Morgan fingerprint density at radius 2 is 1.60 bits per heavy atom. The summed E-state index contributed by atoms with van der Waals surface area (Å²) in [4.78, 5) is 24.6. The molecule has 0 amide bonds. The zero-order valence-corrected chi connectivity index (χ0v) is 18.4. The van der Waals surface area contributed by atoms with E-state index in [1.165, 1.54) is 0 Å². The second-order valence-electron chi connectivity index (χ2n) is 7.89. The molecule has 8 nitrogen and oxygen atoms in total. The highest BCUT2D eigenvalue weighted by Gasteiger charge is 2.09. The summed E-state index contributed by atoms with van der Waals surface area (Å²) >= 11 is 0. The summed E-state index contributed by atoms with van der Waals surface area (Å²) in [6, 6.07) is 23.1. The Morgan fingerprint density at radius 3 is 2.43 bits per heavy atom. The lowest BCUT2D eigenvalue weighted by Gasteiger charge is -2.10. The smallest absolute Gasteiger partial charge is 0.188 e. The van der Waals surface area contributed by atoms with Crippen LogP contribution in [0.1, 0.15) is 0 Å². The van der Waals surface area contributed by atoms with Crippen LogP contribution in [0.25, 0.3) is 38.3 Å². The molecule has 0 atom stereocenters. The first-order valence-corrected chi connectivity index (χ1v) is 10.9. The lowest BCUT2D eigenvalue weighted by molar-refractivity contribution is 1.28. The molecule has 0 saturated heterocycles. The number of hydrogen-bond acceptors (Lipinski definition) is 6. The lowest BCUT2D eigenvalue weighted by Crippen LogP contribution is -1.93. The van der Waals surface area contributed by atoms with E-state index in [1.54, 1.807) is 24.7 Å². The maximum Gasteiger partial charge on any atom is 0.188 e. The molecule has 2 aromatic carbocycles. The van der Waals surface area contributed by atoms with E-state index >= 15 is 0 Å². The van der Waals surface area contributed by atoms with Crippen LogP contribution in [0.4, 0.5) is 28.6 Å². The number of nitrogens with one attached hydrogen (secondary N) is 3. The number of H-pyrrole nitrogens is 1. The molecule has 0 fully saturated rings. The quantitative estimate of drug-likeness (QED) is 0.254. The molecule has 0 aliphatic rings. The summed E-state index contributed by atoms with van der Waals surface area (Å²) in [5.74, 6) is 1.46. The van der Waals surface area contributed by atoms with Gasteiger partial charge in [-0.25, -0.2) is 14.8 Å². The van der Waals surface area contributed by atoms with Gasteiger partial charge in [-0.3, -0.25) is 9.97 Å². The minimum atomic E-state index is 0.585. The molecule has 0 radical (unpaired) electrons. The Morgan fingerprint density at radius 1 is 0.771 bits per heavy atom. The van der Waals surface area contributed by atoms with Crippen LogP contribution in [-0.4, -0.2) is 24.9 Å². The second kappa shape index (κ2) is 8.57. The summed E-state index contributed by atoms with van der Waals surface area (Å²) < 4.78 is 0. The molecule has 35 heavy (non-hydrogen) atoms. The van der Waals surface area contributed by atoms with E-state index in [-0.39, 0.29) is 0 Å². The minimum Gasteiger partial charge on any atom is -0.355 e. The average Bonchev–Trinajstić information content (AvgIpc) is 3.33. The summed E-state index contributed by atoms with van der Waals surface area (Å²) in [6.07, 6.45) is 5.22. The van der Waals surface area contributed by atoms with Crippen LogP contribution in [0.5, 0.6) is 0 Å². The van der Waals surface area contributed by atoms with E-state index in [1.807, 2.05) is 66.7 Å². The van der Waals surface area contributed by atoms with Crippen LogP contribution in [-0.2, 0) is 0 Å². The molecule has 8 heteroatoms. The normalized spacial score (nSPS) is 10.8. The molecule has 0 spiro atoms. The predicted molar refractivity (Wildman–Crippen MR) is 138 cm³/mol. The third-order valence-electron chi connectivity index (χ3n) is 5.59. The molecule has 4 heterocycles. The van der Waals surface area contributed by atoms with Crippen LogP contribution in [0.2, 0.25) is 0 Å². The van der Waals surface area contributed by atoms with Crippen molar-refractivity contribution in [2.45, 2.75) is 0 Å². The van der Waals surface area contributed by atoms with Gasteiger partial charge >= 0.3 is 0 Å². The number of benzene rings is 2. The number of hydrogen-bond donors (Lipinski definition) is 3. The van der Waals surface area contributed by atoms with Crippen molar-refractivity contribution in [2.24, 2.45) is 0 Å². The Kier molecular flexibility index (Phi) is 4.98. The summed E-state index contributed by atoms with van der Waals surface area (Å²) in [5.41, 5.74) is 6.61. The third-order valence-corrected chi connectivity index (χ3v) is 5.59. The maximum atomic E-state index is 7.28. The van der Waals surface area contributed by atoms with Crippen LogP contribution in [0.15, 0.2) is 91.4 Å². The van der Waals surface area contributed by atoms with Crippen molar-refractivity contribution in [2.75, 3.05) is 10.6 Å². The van der Waals surface area contributed by atoms with Crippen molar-refractivity contribution in [3.8, 4) is 11.4 Å². The van der Waals surface area contributed by atoms with E-state index in [9.17, 15) is 0 Å². The molecule has 3 N–H and O–H groups in total. The third kappa shape index (κ3) is 4.10. The van der Waals surface area contributed by atoms with E-state index in [2.05, 4.69) is 40.4 Å². The topological polar surface area (TPSA) is 95.8 Å². The zero-order chi connectivity index (χ0) is 23.6. The Balaban J connectivity index is 1.25.